The third kappa shape index (κ3) is 2.95. The van der Waals surface area contributed by atoms with Gasteiger partial charge < -0.3 is 10.2 Å². The predicted molar refractivity (Wildman–Crippen MR) is 58.1 cm³/mol. The van der Waals surface area contributed by atoms with Crippen LogP contribution < -0.4 is 0 Å². The van der Waals surface area contributed by atoms with Gasteiger partial charge in [0.05, 0.1) is 22.0 Å². The zero-order chi connectivity index (χ0) is 11.6. The summed E-state index contributed by atoms with van der Waals surface area (Å²) in [5.41, 5.74) is 0.134. The van der Waals surface area contributed by atoms with E-state index in [1.165, 1.54) is 6.07 Å². The average Bonchev–Trinajstić information content (AvgIpc) is 2.23. The van der Waals surface area contributed by atoms with Gasteiger partial charge in [0.1, 0.15) is 11.9 Å². The molecule has 0 heterocycles. The quantitative estimate of drug-likeness (QED) is 0.657. The first kappa shape index (κ1) is 13.0. The molecule has 6 heteroatoms. The van der Waals surface area contributed by atoms with Crippen LogP contribution in [0.5, 0.6) is 0 Å². The van der Waals surface area contributed by atoms with Crippen molar-refractivity contribution in [2.24, 2.45) is 0 Å². The monoisotopic (exact) mass is 272 g/mol. The molecule has 1 aromatic rings. The van der Waals surface area contributed by atoms with Crippen LogP contribution in [0.3, 0.4) is 0 Å². The summed E-state index contributed by atoms with van der Waals surface area (Å²) in [6, 6.07) is 2.29. The van der Waals surface area contributed by atoms with Crippen LogP contribution in [-0.4, -0.2) is 22.2 Å². The Hall–Kier alpha value is -0.0600. The summed E-state index contributed by atoms with van der Waals surface area (Å²) in [5.74, 6) is -0.914. The van der Waals surface area contributed by atoms with E-state index >= 15 is 0 Å². The maximum atomic E-state index is 13.1. The minimum absolute atomic E-state index is 0.0208. The van der Waals surface area contributed by atoms with E-state index in [4.69, 9.17) is 34.8 Å². The molecule has 2 N–H and O–H groups in total. The van der Waals surface area contributed by atoms with Gasteiger partial charge >= 0.3 is 0 Å². The predicted octanol–water partition coefficient (Wildman–Crippen LogP) is 2.77. The van der Waals surface area contributed by atoms with E-state index in [9.17, 15) is 14.6 Å². The summed E-state index contributed by atoms with van der Waals surface area (Å²) in [6.07, 6.45) is -2.46. The van der Waals surface area contributed by atoms with Gasteiger partial charge in [-0.15, -0.1) is 11.6 Å². The maximum Gasteiger partial charge on any atom is 0.143 e. The topological polar surface area (TPSA) is 40.5 Å². The summed E-state index contributed by atoms with van der Waals surface area (Å²) in [7, 11) is 0. The van der Waals surface area contributed by atoms with Gasteiger partial charge in [-0.2, -0.15) is 0 Å². The second kappa shape index (κ2) is 5.32. The van der Waals surface area contributed by atoms with Gasteiger partial charge in [-0.25, -0.2) is 4.39 Å². The van der Waals surface area contributed by atoms with E-state index in [1.807, 2.05) is 0 Å². The Morgan fingerprint density at radius 2 is 1.87 bits per heavy atom. The number of halogens is 4. The lowest BCUT2D eigenvalue weighted by atomic mass is 10.1. The van der Waals surface area contributed by atoms with Crippen molar-refractivity contribution in [2.75, 3.05) is 5.88 Å². The molecule has 0 saturated heterocycles. The highest BCUT2D eigenvalue weighted by molar-refractivity contribution is 6.42. The average molecular weight is 274 g/mol. The molecule has 0 bridgehead atoms. The number of benzene rings is 1. The molecule has 0 fully saturated rings. The molecular weight excluding hydrogens is 265 g/mol. The number of aliphatic hydroxyl groups is 2. The Morgan fingerprint density at radius 1 is 1.27 bits per heavy atom. The number of aliphatic hydroxyl groups excluding tert-OH is 2. The number of alkyl halides is 1. The highest BCUT2D eigenvalue weighted by Gasteiger charge is 2.19. The number of rotatable bonds is 3. The summed E-state index contributed by atoms with van der Waals surface area (Å²) < 4.78 is 13.1. The van der Waals surface area contributed by atoms with E-state index in [-0.39, 0.29) is 21.5 Å². The van der Waals surface area contributed by atoms with Gasteiger partial charge in [0, 0.05) is 0 Å². The molecule has 1 aromatic carbocycles. The molecule has 0 aliphatic rings. The van der Waals surface area contributed by atoms with E-state index in [0.717, 1.165) is 6.07 Å². The lowest BCUT2D eigenvalue weighted by molar-refractivity contribution is 0.0325. The highest BCUT2D eigenvalue weighted by Crippen LogP contribution is 2.29. The molecule has 0 aliphatic carbocycles. The van der Waals surface area contributed by atoms with Crippen molar-refractivity contribution in [3.63, 3.8) is 0 Å². The molecule has 2 atom stereocenters. The second-order valence-corrected chi connectivity index (χ2v) is 4.06. The van der Waals surface area contributed by atoms with Crippen LogP contribution in [0.2, 0.25) is 10.0 Å². The number of hydrogen-bond donors (Lipinski definition) is 2. The molecule has 2 unspecified atom stereocenters. The second-order valence-electron chi connectivity index (χ2n) is 2.97. The maximum absolute atomic E-state index is 13.1. The molecule has 0 spiro atoms. The largest absolute Gasteiger partial charge is 0.389 e. The summed E-state index contributed by atoms with van der Waals surface area (Å²) in [6.45, 7) is 0. The Labute approximate surface area is 101 Å². The van der Waals surface area contributed by atoms with E-state index in [0.29, 0.717) is 0 Å². The van der Waals surface area contributed by atoms with Gasteiger partial charge in [-0.3, -0.25) is 0 Å². The zero-order valence-corrected chi connectivity index (χ0v) is 9.69. The molecule has 15 heavy (non-hydrogen) atoms. The molecule has 0 aliphatic heterocycles. The van der Waals surface area contributed by atoms with Crippen molar-refractivity contribution in [3.8, 4) is 0 Å². The van der Waals surface area contributed by atoms with Gasteiger partial charge in [0.15, 0.2) is 0 Å². The van der Waals surface area contributed by atoms with Crippen molar-refractivity contribution in [1.29, 1.82) is 0 Å². The Kier molecular flexibility index (Phi) is 4.62. The van der Waals surface area contributed by atoms with Crippen molar-refractivity contribution < 1.29 is 14.6 Å². The molecule has 0 saturated carbocycles. The van der Waals surface area contributed by atoms with Gasteiger partial charge in [-0.05, 0) is 17.7 Å². The SMILES string of the molecule is OC(CCl)C(O)c1cc(F)c(Cl)c(Cl)c1. The molecule has 2 nitrogen and oxygen atoms in total. The third-order valence-corrected chi connectivity index (χ3v) is 2.97. The summed E-state index contributed by atoms with van der Waals surface area (Å²) >= 11 is 16.4. The first-order valence-electron chi connectivity index (χ1n) is 4.04. The van der Waals surface area contributed by atoms with Crippen molar-refractivity contribution in [1.82, 2.24) is 0 Å². The Balaban J connectivity index is 3.06. The summed E-state index contributed by atoms with van der Waals surface area (Å²) in [4.78, 5) is 0. The van der Waals surface area contributed by atoms with Crippen molar-refractivity contribution >= 4 is 34.8 Å². The fourth-order valence-corrected chi connectivity index (χ4v) is 1.55. The Bertz CT molecular complexity index is 336. The van der Waals surface area contributed by atoms with Gasteiger partial charge in [0.25, 0.3) is 0 Å². The van der Waals surface area contributed by atoms with E-state index < -0.39 is 18.0 Å². The molecule has 84 valence electrons. The third-order valence-electron chi connectivity index (χ3n) is 1.87. The standard InChI is InChI=1S/C9H8Cl3FO2/c10-3-7(14)9(15)4-1-5(11)8(12)6(13)2-4/h1-2,7,9,14-15H,3H2. The highest BCUT2D eigenvalue weighted by atomic mass is 35.5. The lowest BCUT2D eigenvalue weighted by Crippen LogP contribution is -2.19. The Morgan fingerprint density at radius 3 is 2.33 bits per heavy atom. The minimum Gasteiger partial charge on any atom is -0.389 e. The van der Waals surface area contributed by atoms with Crippen molar-refractivity contribution in [2.45, 2.75) is 12.2 Å². The minimum atomic E-state index is -1.29. The first-order chi connectivity index (χ1) is 6.97. The fourth-order valence-electron chi connectivity index (χ4n) is 1.05. The molecule has 0 radical (unpaired) electrons. The van der Waals surface area contributed by atoms with Crippen LogP contribution in [0.15, 0.2) is 12.1 Å². The van der Waals surface area contributed by atoms with E-state index in [1.54, 1.807) is 0 Å². The molecule has 0 aromatic heterocycles. The molecular formula is C9H8Cl3FO2. The zero-order valence-electron chi connectivity index (χ0n) is 7.42. The van der Waals surface area contributed by atoms with Crippen LogP contribution >= 0.6 is 34.8 Å². The normalized spacial score (nSPS) is 15.1. The molecule has 0 amide bonds. The summed E-state index contributed by atoms with van der Waals surface area (Å²) in [5, 5.41) is 18.5. The molecule has 1 rings (SSSR count). The van der Waals surface area contributed by atoms with Crippen LogP contribution in [0, 0.1) is 5.82 Å². The van der Waals surface area contributed by atoms with Gasteiger partial charge in [0.2, 0.25) is 0 Å². The van der Waals surface area contributed by atoms with Crippen LogP contribution in [0.4, 0.5) is 4.39 Å². The number of hydrogen-bond acceptors (Lipinski definition) is 2. The van der Waals surface area contributed by atoms with Crippen LogP contribution in [-0.2, 0) is 0 Å². The van der Waals surface area contributed by atoms with Crippen molar-refractivity contribution in [3.05, 3.63) is 33.6 Å². The van der Waals surface area contributed by atoms with Gasteiger partial charge in [-0.1, -0.05) is 23.2 Å². The lowest BCUT2D eigenvalue weighted by Gasteiger charge is -2.16. The van der Waals surface area contributed by atoms with E-state index in [2.05, 4.69) is 0 Å². The smallest absolute Gasteiger partial charge is 0.143 e. The van der Waals surface area contributed by atoms with Crippen LogP contribution in [0.25, 0.3) is 0 Å². The van der Waals surface area contributed by atoms with Crippen LogP contribution in [0.1, 0.15) is 11.7 Å². The fraction of sp³-hybridized carbons (Fsp3) is 0.333. The first-order valence-corrected chi connectivity index (χ1v) is 5.33.